The van der Waals surface area contributed by atoms with Crippen molar-refractivity contribution >= 4 is 34.7 Å². The number of nitrogens with one attached hydrogen (secondary N) is 1. The topological polar surface area (TPSA) is 63.6 Å². The summed E-state index contributed by atoms with van der Waals surface area (Å²) in [6.07, 6.45) is 1.54. The molecular weight excluding hydrogens is 274 g/mol. The first-order chi connectivity index (χ1) is 9.67. The summed E-state index contributed by atoms with van der Waals surface area (Å²) in [5.41, 5.74) is 1.33. The first-order valence-corrected chi connectivity index (χ1v) is 6.17. The Labute approximate surface area is 121 Å². The SMILES string of the molecule is CC(=O)Nc1ccc(Oc2ccc(N=C=S)cn2)cc1. The van der Waals surface area contributed by atoms with E-state index in [1.165, 1.54) is 6.92 Å². The Balaban J connectivity index is 2.05. The fourth-order valence-corrected chi connectivity index (χ4v) is 1.59. The van der Waals surface area contributed by atoms with E-state index in [4.69, 9.17) is 4.74 Å². The van der Waals surface area contributed by atoms with Crippen molar-refractivity contribution in [1.29, 1.82) is 0 Å². The lowest BCUT2D eigenvalue weighted by Gasteiger charge is -2.06. The van der Waals surface area contributed by atoms with Crippen LogP contribution in [0.5, 0.6) is 11.6 Å². The van der Waals surface area contributed by atoms with Crippen molar-refractivity contribution in [2.24, 2.45) is 4.99 Å². The molecule has 0 aliphatic heterocycles. The summed E-state index contributed by atoms with van der Waals surface area (Å²) in [5.74, 6) is 0.952. The number of hydrogen-bond acceptors (Lipinski definition) is 5. The van der Waals surface area contributed by atoms with Gasteiger partial charge in [-0.15, -0.1) is 0 Å². The van der Waals surface area contributed by atoms with Gasteiger partial charge in [-0.3, -0.25) is 4.79 Å². The van der Waals surface area contributed by atoms with Crippen LogP contribution in [0.2, 0.25) is 0 Å². The molecule has 0 aliphatic carbocycles. The fraction of sp³-hybridized carbons (Fsp3) is 0.0714. The molecule has 0 saturated heterocycles. The molecule has 2 rings (SSSR count). The highest BCUT2D eigenvalue weighted by molar-refractivity contribution is 7.78. The van der Waals surface area contributed by atoms with E-state index in [2.05, 4.69) is 32.7 Å². The van der Waals surface area contributed by atoms with E-state index < -0.39 is 0 Å². The van der Waals surface area contributed by atoms with Crippen molar-refractivity contribution in [3.63, 3.8) is 0 Å². The molecule has 0 atom stereocenters. The van der Waals surface area contributed by atoms with Gasteiger partial charge in [0.1, 0.15) is 5.75 Å². The van der Waals surface area contributed by atoms with Crippen LogP contribution in [0.25, 0.3) is 0 Å². The zero-order valence-corrected chi connectivity index (χ0v) is 11.5. The van der Waals surface area contributed by atoms with Crippen LogP contribution in [-0.4, -0.2) is 16.1 Å². The maximum absolute atomic E-state index is 10.9. The normalized spacial score (nSPS) is 9.45. The van der Waals surface area contributed by atoms with Crippen LogP contribution in [0.1, 0.15) is 6.92 Å². The lowest BCUT2D eigenvalue weighted by Crippen LogP contribution is -2.05. The van der Waals surface area contributed by atoms with Crippen LogP contribution in [0, 0.1) is 0 Å². The minimum absolute atomic E-state index is 0.116. The summed E-state index contributed by atoms with van der Waals surface area (Å²) in [5, 5.41) is 4.95. The van der Waals surface area contributed by atoms with Gasteiger partial charge >= 0.3 is 0 Å². The number of rotatable bonds is 4. The Morgan fingerprint density at radius 2 is 2.05 bits per heavy atom. The molecule has 0 fully saturated rings. The summed E-state index contributed by atoms with van der Waals surface area (Å²) in [6, 6.07) is 10.4. The van der Waals surface area contributed by atoms with Crippen LogP contribution >= 0.6 is 12.2 Å². The van der Waals surface area contributed by atoms with E-state index in [1.54, 1.807) is 42.6 Å². The van der Waals surface area contributed by atoms with Crippen molar-refractivity contribution in [3.8, 4) is 11.6 Å². The van der Waals surface area contributed by atoms with Gasteiger partial charge in [0.05, 0.1) is 17.0 Å². The monoisotopic (exact) mass is 285 g/mol. The maximum Gasteiger partial charge on any atom is 0.221 e. The Morgan fingerprint density at radius 1 is 1.30 bits per heavy atom. The van der Waals surface area contributed by atoms with Crippen molar-refractivity contribution < 1.29 is 9.53 Å². The van der Waals surface area contributed by atoms with Gasteiger partial charge in [0, 0.05) is 18.7 Å². The van der Waals surface area contributed by atoms with Gasteiger partial charge in [0.2, 0.25) is 11.8 Å². The molecular formula is C14H11N3O2S. The first kappa shape index (κ1) is 13.9. The second kappa shape index (κ2) is 6.56. The zero-order valence-electron chi connectivity index (χ0n) is 10.7. The van der Waals surface area contributed by atoms with Crippen LogP contribution < -0.4 is 10.1 Å². The summed E-state index contributed by atoms with van der Waals surface area (Å²) in [6.45, 7) is 1.46. The van der Waals surface area contributed by atoms with Gasteiger partial charge in [-0.2, -0.15) is 4.99 Å². The van der Waals surface area contributed by atoms with Crippen LogP contribution in [0.15, 0.2) is 47.6 Å². The first-order valence-electron chi connectivity index (χ1n) is 5.77. The molecule has 6 heteroatoms. The molecule has 1 N–H and O–H groups in total. The third-order valence-corrected chi connectivity index (χ3v) is 2.38. The summed E-state index contributed by atoms with van der Waals surface area (Å²) >= 11 is 4.51. The second-order valence-electron chi connectivity index (χ2n) is 3.87. The number of anilines is 1. The summed E-state index contributed by atoms with van der Waals surface area (Å²) in [7, 11) is 0. The van der Waals surface area contributed by atoms with Crippen LogP contribution in [0.4, 0.5) is 11.4 Å². The molecule has 0 bridgehead atoms. The number of ether oxygens (including phenoxy) is 1. The highest BCUT2D eigenvalue weighted by Crippen LogP contribution is 2.22. The lowest BCUT2D eigenvalue weighted by molar-refractivity contribution is -0.114. The number of aromatic nitrogens is 1. The van der Waals surface area contributed by atoms with E-state index in [9.17, 15) is 4.79 Å². The van der Waals surface area contributed by atoms with E-state index in [0.29, 0.717) is 23.0 Å². The van der Waals surface area contributed by atoms with E-state index >= 15 is 0 Å². The molecule has 2 aromatic rings. The zero-order chi connectivity index (χ0) is 14.4. The Hall–Kier alpha value is -2.56. The molecule has 20 heavy (non-hydrogen) atoms. The number of thiocarbonyl (C=S) groups is 1. The molecule has 1 heterocycles. The minimum Gasteiger partial charge on any atom is -0.439 e. The Morgan fingerprint density at radius 3 is 2.60 bits per heavy atom. The van der Waals surface area contributed by atoms with Crippen molar-refractivity contribution in [2.75, 3.05) is 5.32 Å². The van der Waals surface area contributed by atoms with Gasteiger partial charge < -0.3 is 10.1 Å². The number of isothiocyanates is 1. The third-order valence-electron chi connectivity index (χ3n) is 2.29. The molecule has 0 spiro atoms. The number of amides is 1. The van der Waals surface area contributed by atoms with E-state index in [0.717, 1.165) is 0 Å². The molecule has 1 aromatic carbocycles. The number of pyridine rings is 1. The number of hydrogen-bond donors (Lipinski definition) is 1. The maximum atomic E-state index is 10.9. The predicted octanol–water partition coefficient (Wildman–Crippen LogP) is 3.57. The average Bonchev–Trinajstić information content (AvgIpc) is 2.43. The number of carbonyl (C=O) groups is 1. The van der Waals surface area contributed by atoms with E-state index in [1.807, 2.05) is 0 Å². The number of nitrogens with zero attached hydrogens (tertiary/aromatic N) is 2. The summed E-state index contributed by atoms with van der Waals surface area (Å²) < 4.78 is 5.56. The highest BCUT2D eigenvalue weighted by atomic mass is 32.1. The second-order valence-corrected chi connectivity index (χ2v) is 4.05. The average molecular weight is 285 g/mol. The molecule has 0 radical (unpaired) electrons. The Bertz CT molecular complexity index is 647. The van der Waals surface area contributed by atoms with E-state index in [-0.39, 0.29) is 5.91 Å². The van der Waals surface area contributed by atoms with Crippen LogP contribution in [0.3, 0.4) is 0 Å². The molecule has 0 aliphatic rings. The predicted molar refractivity (Wildman–Crippen MR) is 79.7 cm³/mol. The molecule has 100 valence electrons. The molecule has 0 unspecified atom stereocenters. The largest absolute Gasteiger partial charge is 0.439 e. The van der Waals surface area contributed by atoms with Crippen LogP contribution in [-0.2, 0) is 4.79 Å². The standard InChI is InChI=1S/C14H11N3O2S/c1-10(18)17-11-2-5-13(6-3-11)19-14-7-4-12(8-15-14)16-9-20/h2-8H,1H3,(H,17,18). The number of aliphatic imine (C=N–C) groups is 1. The van der Waals surface area contributed by atoms with Gasteiger partial charge in [-0.1, -0.05) is 0 Å². The molecule has 5 nitrogen and oxygen atoms in total. The smallest absolute Gasteiger partial charge is 0.221 e. The van der Waals surface area contributed by atoms with Gasteiger partial charge in [0.25, 0.3) is 0 Å². The van der Waals surface area contributed by atoms with Gasteiger partial charge in [-0.05, 0) is 42.5 Å². The highest BCUT2D eigenvalue weighted by Gasteiger charge is 2.00. The van der Waals surface area contributed by atoms with Crippen molar-refractivity contribution in [3.05, 3.63) is 42.6 Å². The van der Waals surface area contributed by atoms with Crippen molar-refractivity contribution in [1.82, 2.24) is 4.98 Å². The lowest BCUT2D eigenvalue weighted by atomic mass is 10.3. The third kappa shape index (κ3) is 3.98. The van der Waals surface area contributed by atoms with Gasteiger partial charge in [-0.25, -0.2) is 4.98 Å². The summed E-state index contributed by atoms with van der Waals surface area (Å²) in [4.78, 5) is 18.8. The molecule has 0 saturated carbocycles. The fourth-order valence-electron chi connectivity index (χ4n) is 1.48. The molecule has 1 amide bonds. The minimum atomic E-state index is -0.116. The number of carbonyl (C=O) groups excluding carboxylic acids is 1. The molecule has 1 aromatic heterocycles. The van der Waals surface area contributed by atoms with Gasteiger partial charge in [0.15, 0.2) is 0 Å². The van der Waals surface area contributed by atoms with Crippen molar-refractivity contribution in [2.45, 2.75) is 6.92 Å². The Kier molecular flexibility index (Phi) is 4.55. The quantitative estimate of drug-likeness (QED) is 0.689. The number of benzene rings is 1.